The average molecular weight is 692 g/mol. The lowest BCUT2D eigenvalue weighted by atomic mass is 10.1. The van der Waals surface area contributed by atoms with Crippen molar-refractivity contribution < 1.29 is 56.5 Å². The molecule has 48 heavy (non-hydrogen) atoms. The van der Waals surface area contributed by atoms with Gasteiger partial charge in [-0.2, -0.15) is 0 Å². The highest BCUT2D eigenvalue weighted by molar-refractivity contribution is 7.92. The summed E-state index contributed by atoms with van der Waals surface area (Å²) in [6.45, 7) is 1.90. The SMILES string of the molecule is CCOC(=O)N1CCN(C(=O)[C@H](CCC(=O)O)NC(=O)c2cc(OCC(=O)N3CC(S(=O)(=O)CC(=O)OC)C3)c3ccccc3n2)CC1. The molecule has 0 radical (unpaired) electrons. The zero-order valence-electron chi connectivity index (χ0n) is 26.5. The van der Waals surface area contributed by atoms with E-state index in [0.717, 1.165) is 7.11 Å². The predicted molar refractivity (Wildman–Crippen MR) is 167 cm³/mol. The first-order valence-corrected chi connectivity index (χ1v) is 16.9. The number of likely N-dealkylation sites (tertiary alicyclic amines) is 1. The summed E-state index contributed by atoms with van der Waals surface area (Å²) < 4.78 is 39.9. The van der Waals surface area contributed by atoms with Crippen molar-refractivity contribution in [1.29, 1.82) is 0 Å². The largest absolute Gasteiger partial charge is 0.483 e. The van der Waals surface area contributed by atoms with Crippen LogP contribution in [0.15, 0.2) is 30.3 Å². The van der Waals surface area contributed by atoms with E-state index in [1.807, 2.05) is 0 Å². The number of hydrogen-bond donors (Lipinski definition) is 2. The van der Waals surface area contributed by atoms with E-state index >= 15 is 0 Å². The Morgan fingerprint density at radius 1 is 1.02 bits per heavy atom. The molecule has 0 aliphatic carbocycles. The highest BCUT2D eigenvalue weighted by Crippen LogP contribution is 2.26. The second-order valence-corrected chi connectivity index (χ2v) is 13.4. The molecule has 0 unspecified atom stereocenters. The van der Waals surface area contributed by atoms with E-state index in [2.05, 4.69) is 15.0 Å². The fourth-order valence-electron chi connectivity index (χ4n) is 5.12. The zero-order chi connectivity index (χ0) is 35.0. The van der Waals surface area contributed by atoms with Gasteiger partial charge in [0.25, 0.3) is 11.8 Å². The van der Waals surface area contributed by atoms with Gasteiger partial charge < -0.3 is 39.3 Å². The number of amides is 4. The van der Waals surface area contributed by atoms with Crippen LogP contribution in [-0.2, 0) is 38.5 Å². The van der Waals surface area contributed by atoms with Crippen LogP contribution in [0, 0.1) is 0 Å². The number of pyridine rings is 1. The summed E-state index contributed by atoms with van der Waals surface area (Å²) >= 11 is 0. The van der Waals surface area contributed by atoms with Gasteiger partial charge in [-0.1, -0.05) is 12.1 Å². The first kappa shape index (κ1) is 35.8. The van der Waals surface area contributed by atoms with Gasteiger partial charge in [-0.25, -0.2) is 18.2 Å². The monoisotopic (exact) mass is 691 g/mol. The number of rotatable bonds is 13. The van der Waals surface area contributed by atoms with E-state index in [9.17, 15) is 42.3 Å². The van der Waals surface area contributed by atoms with Crippen LogP contribution < -0.4 is 10.1 Å². The van der Waals surface area contributed by atoms with Crippen LogP contribution in [0.2, 0.25) is 0 Å². The van der Waals surface area contributed by atoms with Crippen molar-refractivity contribution in [3.8, 4) is 5.75 Å². The van der Waals surface area contributed by atoms with Crippen molar-refractivity contribution in [2.24, 2.45) is 0 Å². The van der Waals surface area contributed by atoms with Gasteiger partial charge in [-0.3, -0.25) is 24.0 Å². The third-order valence-corrected chi connectivity index (χ3v) is 9.84. The van der Waals surface area contributed by atoms with Crippen molar-refractivity contribution in [3.05, 3.63) is 36.0 Å². The maximum Gasteiger partial charge on any atom is 0.409 e. The number of aromatic nitrogens is 1. The third kappa shape index (κ3) is 8.87. The first-order valence-electron chi connectivity index (χ1n) is 15.1. The normalized spacial score (nSPS) is 15.7. The number of esters is 1. The topological polar surface area (TPSA) is 219 Å². The van der Waals surface area contributed by atoms with Gasteiger partial charge in [-0.05, 0) is 25.5 Å². The molecule has 2 N–H and O–H groups in total. The van der Waals surface area contributed by atoms with Crippen LogP contribution in [0.5, 0.6) is 5.75 Å². The van der Waals surface area contributed by atoms with E-state index in [1.165, 1.54) is 20.8 Å². The number of carbonyl (C=O) groups is 6. The second kappa shape index (κ2) is 15.7. The molecule has 2 aliphatic rings. The van der Waals surface area contributed by atoms with Crippen LogP contribution in [0.25, 0.3) is 10.9 Å². The van der Waals surface area contributed by atoms with Crippen LogP contribution in [0.4, 0.5) is 4.79 Å². The van der Waals surface area contributed by atoms with Gasteiger partial charge in [0, 0.05) is 57.1 Å². The molecule has 0 spiro atoms. The van der Waals surface area contributed by atoms with Gasteiger partial charge in [-0.15, -0.1) is 0 Å². The number of benzene rings is 1. The number of ether oxygens (including phenoxy) is 3. The van der Waals surface area contributed by atoms with E-state index in [4.69, 9.17) is 9.47 Å². The van der Waals surface area contributed by atoms with E-state index in [-0.39, 0.29) is 63.7 Å². The van der Waals surface area contributed by atoms with Gasteiger partial charge >= 0.3 is 18.0 Å². The molecular formula is C30H37N5O12S. The van der Waals surface area contributed by atoms with E-state index in [1.54, 1.807) is 31.2 Å². The van der Waals surface area contributed by atoms with E-state index in [0.29, 0.717) is 10.9 Å². The van der Waals surface area contributed by atoms with E-state index < -0.39 is 75.7 Å². The van der Waals surface area contributed by atoms with Gasteiger partial charge in [0.15, 0.2) is 16.4 Å². The zero-order valence-corrected chi connectivity index (χ0v) is 27.3. The lowest BCUT2D eigenvalue weighted by Crippen LogP contribution is -2.58. The maximum atomic E-state index is 13.4. The lowest BCUT2D eigenvalue weighted by molar-refractivity contribution is -0.139. The standard InChI is InChI=1S/C30H37N5O12S/c1-3-46-30(42)34-12-10-33(11-13-34)29(41)22(8-9-26(37)38)32-28(40)23-14-24(20-6-4-5-7-21(20)31-23)47-17-25(36)35-15-19(16-35)48(43,44)18-27(39)45-2/h4-7,14,19,22H,3,8-13,15-18H2,1-2H3,(H,32,40)(H,37,38)/t22-/m0/s1. The molecule has 3 heterocycles. The van der Waals surface area contributed by atoms with Crippen molar-refractivity contribution in [1.82, 2.24) is 25.0 Å². The number of nitrogens with one attached hydrogen (secondary N) is 1. The molecule has 2 fully saturated rings. The molecule has 2 saturated heterocycles. The maximum absolute atomic E-state index is 13.4. The molecule has 4 amide bonds. The minimum Gasteiger partial charge on any atom is -0.483 e. The Hall–Kier alpha value is -5.00. The number of fused-ring (bicyclic) bond motifs is 1. The summed E-state index contributed by atoms with van der Waals surface area (Å²) in [4.78, 5) is 83.0. The van der Waals surface area contributed by atoms with Crippen molar-refractivity contribution in [2.75, 3.05) is 65.3 Å². The second-order valence-electron chi connectivity index (χ2n) is 11.1. The molecular weight excluding hydrogens is 654 g/mol. The Balaban J connectivity index is 1.44. The molecule has 1 aromatic carbocycles. The van der Waals surface area contributed by atoms with Gasteiger partial charge in [0.2, 0.25) is 5.91 Å². The molecule has 1 aromatic heterocycles. The van der Waals surface area contributed by atoms with Crippen molar-refractivity contribution in [2.45, 2.75) is 31.1 Å². The number of carboxylic acid groups (broad SMARTS) is 1. The highest BCUT2D eigenvalue weighted by Gasteiger charge is 2.41. The van der Waals surface area contributed by atoms with Crippen LogP contribution >= 0.6 is 0 Å². The number of carboxylic acids is 1. The Morgan fingerprint density at radius 3 is 2.33 bits per heavy atom. The Bertz CT molecular complexity index is 1670. The molecule has 4 rings (SSSR count). The summed E-state index contributed by atoms with van der Waals surface area (Å²) in [6, 6.07) is 6.74. The fourth-order valence-corrected chi connectivity index (χ4v) is 6.62. The molecule has 17 nitrogen and oxygen atoms in total. The molecule has 2 aliphatic heterocycles. The summed E-state index contributed by atoms with van der Waals surface area (Å²) in [6.07, 6.45) is -1.10. The molecule has 260 valence electrons. The summed E-state index contributed by atoms with van der Waals surface area (Å²) in [5.74, 6) is -4.53. The van der Waals surface area contributed by atoms with Crippen molar-refractivity contribution >= 4 is 56.5 Å². The Kier molecular flexibility index (Phi) is 11.7. The lowest BCUT2D eigenvalue weighted by Gasteiger charge is -2.38. The quantitative estimate of drug-likeness (QED) is 0.258. The fraction of sp³-hybridized carbons (Fsp3) is 0.500. The van der Waals surface area contributed by atoms with Crippen LogP contribution in [0.3, 0.4) is 0 Å². The number of methoxy groups -OCH3 is 1. The number of nitrogens with zero attached hydrogens (tertiary/aromatic N) is 4. The third-order valence-electron chi connectivity index (χ3n) is 7.88. The van der Waals surface area contributed by atoms with Gasteiger partial charge in [0.05, 0.1) is 24.5 Å². The minimum absolute atomic E-state index is 0.115. The highest BCUT2D eigenvalue weighted by atomic mass is 32.2. The van der Waals surface area contributed by atoms with Gasteiger partial charge in [0.1, 0.15) is 23.2 Å². The Labute approximate surface area is 276 Å². The smallest absolute Gasteiger partial charge is 0.409 e. The first-order chi connectivity index (χ1) is 22.8. The minimum atomic E-state index is -3.80. The molecule has 18 heteroatoms. The number of piperazine rings is 1. The van der Waals surface area contributed by atoms with Crippen molar-refractivity contribution in [3.63, 3.8) is 0 Å². The van der Waals surface area contributed by atoms with Crippen LogP contribution in [-0.4, -0.2) is 146 Å². The molecule has 0 bridgehead atoms. The molecule has 1 atom stereocenters. The number of carbonyl (C=O) groups excluding carboxylic acids is 5. The number of aliphatic carboxylic acids is 1. The summed E-state index contributed by atoms with van der Waals surface area (Å²) in [5, 5.41) is 11.4. The Morgan fingerprint density at radius 2 is 1.69 bits per heavy atom. The summed E-state index contributed by atoms with van der Waals surface area (Å²) in [5.41, 5.74) is 0.184. The summed E-state index contributed by atoms with van der Waals surface area (Å²) in [7, 11) is -2.71. The average Bonchev–Trinajstić information content (AvgIpc) is 3.03. The van der Waals surface area contributed by atoms with Crippen LogP contribution in [0.1, 0.15) is 30.3 Å². The number of hydrogen-bond acceptors (Lipinski definition) is 12. The molecule has 0 saturated carbocycles. The number of para-hydroxylation sites is 1. The number of sulfone groups is 1. The molecule has 2 aromatic rings. The predicted octanol–water partition coefficient (Wildman–Crippen LogP) is -0.324.